The maximum atomic E-state index is 15.1. The van der Waals surface area contributed by atoms with Crippen molar-refractivity contribution in [3.8, 4) is 17.0 Å². The molecule has 1 N–H and O–H groups in total. The second-order valence-corrected chi connectivity index (χ2v) is 13.0. The SMILES string of the molecule is CC(C)N1CCOc2c(F)cc(-c3nc(Nc4ccc(C5CCN(C)CC5)c([S+]([O-])C5CC5)c4)ncc3F)cc21. The van der Waals surface area contributed by atoms with E-state index >= 15 is 8.78 Å². The Hall–Kier alpha value is -2.95. The molecule has 212 valence electrons. The number of nitrogens with zero attached hydrogens (tertiary/aromatic N) is 4. The zero-order chi connectivity index (χ0) is 28.0. The highest BCUT2D eigenvalue weighted by Crippen LogP contribution is 2.41. The summed E-state index contributed by atoms with van der Waals surface area (Å²) < 4.78 is 49.0. The Bertz CT molecular complexity index is 1390. The molecule has 10 heteroatoms. The van der Waals surface area contributed by atoms with Crippen molar-refractivity contribution >= 4 is 28.5 Å². The van der Waals surface area contributed by atoms with Crippen molar-refractivity contribution < 1.29 is 18.1 Å². The highest BCUT2D eigenvalue weighted by molar-refractivity contribution is 7.92. The van der Waals surface area contributed by atoms with Crippen LogP contribution in [-0.2, 0) is 11.2 Å². The molecule has 3 heterocycles. The molecule has 3 aliphatic rings. The number of aromatic nitrogens is 2. The maximum absolute atomic E-state index is 15.1. The molecule has 0 amide bonds. The van der Waals surface area contributed by atoms with Crippen LogP contribution in [0.5, 0.6) is 5.75 Å². The zero-order valence-corrected chi connectivity index (χ0v) is 23.9. The van der Waals surface area contributed by atoms with Gasteiger partial charge in [0.05, 0.1) is 18.4 Å². The van der Waals surface area contributed by atoms with E-state index in [1.54, 1.807) is 6.07 Å². The van der Waals surface area contributed by atoms with Crippen LogP contribution >= 0.6 is 0 Å². The lowest BCUT2D eigenvalue weighted by atomic mass is 9.89. The summed E-state index contributed by atoms with van der Waals surface area (Å²) in [5.74, 6) is -0.461. The summed E-state index contributed by atoms with van der Waals surface area (Å²) in [5, 5.41) is 3.39. The summed E-state index contributed by atoms with van der Waals surface area (Å²) in [4.78, 5) is 13.8. The number of hydrogen-bond donors (Lipinski definition) is 1. The molecule has 3 aromatic rings. The predicted molar refractivity (Wildman–Crippen MR) is 154 cm³/mol. The molecule has 1 aliphatic carbocycles. The Morgan fingerprint density at radius 2 is 1.82 bits per heavy atom. The van der Waals surface area contributed by atoms with Crippen LogP contribution < -0.4 is 15.0 Å². The lowest BCUT2D eigenvalue weighted by Gasteiger charge is -2.34. The largest absolute Gasteiger partial charge is 0.611 e. The van der Waals surface area contributed by atoms with Crippen LogP contribution in [0.25, 0.3) is 11.3 Å². The molecule has 1 unspecified atom stereocenters. The lowest BCUT2D eigenvalue weighted by Crippen LogP contribution is -2.38. The van der Waals surface area contributed by atoms with Crippen LogP contribution in [0.3, 0.4) is 0 Å². The van der Waals surface area contributed by atoms with Crippen molar-refractivity contribution in [3.05, 3.63) is 53.7 Å². The molecule has 40 heavy (non-hydrogen) atoms. The van der Waals surface area contributed by atoms with E-state index in [9.17, 15) is 4.55 Å². The molecule has 2 aliphatic heterocycles. The van der Waals surface area contributed by atoms with E-state index in [2.05, 4.69) is 33.3 Å². The van der Waals surface area contributed by atoms with Crippen molar-refractivity contribution in [1.29, 1.82) is 0 Å². The van der Waals surface area contributed by atoms with E-state index in [0.717, 1.165) is 55.4 Å². The van der Waals surface area contributed by atoms with Crippen molar-refractivity contribution in [2.75, 3.05) is 43.5 Å². The van der Waals surface area contributed by atoms with E-state index in [1.165, 1.54) is 6.07 Å². The minimum absolute atomic E-state index is 0.00166. The van der Waals surface area contributed by atoms with Gasteiger partial charge in [0, 0.05) is 41.8 Å². The first-order valence-electron chi connectivity index (χ1n) is 14.0. The van der Waals surface area contributed by atoms with Crippen LogP contribution in [0.15, 0.2) is 41.4 Å². The number of rotatable bonds is 7. The standard InChI is InChI=1S/C30H35F2N5O2S/c1-18(2)37-12-13-39-29-24(31)14-20(15-26(29)37)28-25(32)17-33-30(35-28)34-21-4-7-23(19-8-10-36(3)11-9-19)27(16-21)40(38)22-5-6-22/h4,7,14-19,22H,5-6,8-13H2,1-3H3,(H,33,34,35). The molecule has 1 aromatic heterocycles. The fourth-order valence-electron chi connectivity index (χ4n) is 5.64. The van der Waals surface area contributed by atoms with Crippen LogP contribution in [0, 0.1) is 11.6 Å². The zero-order valence-electron chi connectivity index (χ0n) is 23.1. The Kier molecular flexibility index (Phi) is 7.58. The average Bonchev–Trinajstić information content (AvgIpc) is 3.79. The molecule has 2 aromatic carbocycles. The van der Waals surface area contributed by atoms with Crippen LogP contribution in [0.1, 0.15) is 51.0 Å². The van der Waals surface area contributed by atoms with Gasteiger partial charge in [0.2, 0.25) is 5.95 Å². The molecule has 1 saturated heterocycles. The summed E-state index contributed by atoms with van der Waals surface area (Å²) in [6.45, 7) is 7.10. The van der Waals surface area contributed by atoms with Gasteiger partial charge in [-0.25, -0.2) is 18.7 Å². The van der Waals surface area contributed by atoms with Crippen LogP contribution in [0.2, 0.25) is 0 Å². The topological polar surface area (TPSA) is 76.6 Å². The molecular weight excluding hydrogens is 532 g/mol. The number of fused-ring (bicyclic) bond motifs is 1. The monoisotopic (exact) mass is 567 g/mol. The first kappa shape index (κ1) is 27.2. The number of anilines is 3. The van der Waals surface area contributed by atoms with Gasteiger partial charge in [-0.3, -0.25) is 0 Å². The van der Waals surface area contributed by atoms with Crippen LogP contribution in [-0.4, -0.2) is 64.0 Å². The molecule has 1 saturated carbocycles. The number of benzene rings is 2. The van der Waals surface area contributed by atoms with Gasteiger partial charge >= 0.3 is 0 Å². The number of nitrogens with one attached hydrogen (secondary N) is 1. The van der Waals surface area contributed by atoms with E-state index < -0.39 is 22.8 Å². The summed E-state index contributed by atoms with van der Waals surface area (Å²) in [7, 11) is 2.14. The number of likely N-dealkylation sites (tertiary alicyclic amines) is 1. The van der Waals surface area contributed by atoms with Crippen molar-refractivity contribution in [2.45, 2.75) is 61.6 Å². The molecule has 7 nitrogen and oxygen atoms in total. The maximum Gasteiger partial charge on any atom is 0.227 e. The highest BCUT2D eigenvalue weighted by Gasteiger charge is 2.38. The normalized spacial score (nSPS) is 18.9. The Balaban J connectivity index is 1.31. The average molecular weight is 568 g/mol. The van der Waals surface area contributed by atoms with Gasteiger partial charge in [0.15, 0.2) is 22.3 Å². The quantitative estimate of drug-likeness (QED) is 0.359. The van der Waals surface area contributed by atoms with E-state index in [-0.39, 0.29) is 28.7 Å². The third-order valence-corrected chi connectivity index (χ3v) is 9.89. The molecule has 6 rings (SSSR count). The Morgan fingerprint density at radius 1 is 1.05 bits per heavy atom. The van der Waals surface area contributed by atoms with Crippen molar-refractivity contribution in [1.82, 2.24) is 14.9 Å². The second-order valence-electron chi connectivity index (χ2n) is 11.3. The Labute approximate surface area is 237 Å². The van der Waals surface area contributed by atoms with Crippen molar-refractivity contribution in [2.24, 2.45) is 0 Å². The lowest BCUT2D eigenvalue weighted by molar-refractivity contribution is 0.254. The molecule has 0 spiro atoms. The van der Waals surface area contributed by atoms with Gasteiger partial charge in [-0.05, 0) is 82.1 Å². The molecule has 0 radical (unpaired) electrons. The summed E-state index contributed by atoms with van der Waals surface area (Å²) in [5.41, 5.74) is 2.74. The summed E-state index contributed by atoms with van der Waals surface area (Å²) in [6, 6.07) is 9.05. The van der Waals surface area contributed by atoms with Gasteiger partial charge in [0.1, 0.15) is 17.6 Å². The van der Waals surface area contributed by atoms with Gasteiger partial charge in [-0.2, -0.15) is 0 Å². The fourth-order valence-corrected chi connectivity index (χ4v) is 7.27. The van der Waals surface area contributed by atoms with E-state index in [1.807, 2.05) is 30.9 Å². The fraction of sp³-hybridized carbons (Fsp3) is 0.467. The molecule has 0 bridgehead atoms. The smallest absolute Gasteiger partial charge is 0.227 e. The predicted octanol–water partition coefficient (Wildman–Crippen LogP) is 5.85. The van der Waals surface area contributed by atoms with E-state index in [4.69, 9.17) is 4.74 Å². The van der Waals surface area contributed by atoms with Crippen molar-refractivity contribution in [3.63, 3.8) is 0 Å². The Morgan fingerprint density at radius 3 is 2.55 bits per heavy atom. The summed E-state index contributed by atoms with van der Waals surface area (Å²) in [6.07, 6.45) is 5.14. The van der Waals surface area contributed by atoms with Gasteiger partial charge in [0.25, 0.3) is 0 Å². The van der Waals surface area contributed by atoms with Crippen LogP contribution in [0.4, 0.5) is 26.1 Å². The second kappa shape index (κ2) is 11.1. The van der Waals surface area contributed by atoms with Gasteiger partial charge in [-0.15, -0.1) is 0 Å². The minimum atomic E-state index is -1.08. The first-order valence-corrected chi connectivity index (χ1v) is 15.3. The molecule has 2 fully saturated rings. The third kappa shape index (κ3) is 5.49. The highest BCUT2D eigenvalue weighted by atomic mass is 32.2. The van der Waals surface area contributed by atoms with Gasteiger partial charge in [-0.1, -0.05) is 6.07 Å². The number of piperidine rings is 1. The first-order chi connectivity index (χ1) is 19.3. The molecular formula is C30H35F2N5O2S. The number of ether oxygens (including phenoxy) is 1. The minimum Gasteiger partial charge on any atom is -0.611 e. The van der Waals surface area contributed by atoms with E-state index in [0.29, 0.717) is 36.0 Å². The number of halogens is 2. The molecule has 1 atom stereocenters. The summed E-state index contributed by atoms with van der Waals surface area (Å²) >= 11 is -1.08. The van der Waals surface area contributed by atoms with Gasteiger partial charge < -0.3 is 24.4 Å². The number of hydrogen-bond acceptors (Lipinski definition) is 7. The third-order valence-electron chi connectivity index (χ3n) is 8.02.